The molecule has 1 aliphatic carbocycles. The van der Waals surface area contributed by atoms with E-state index < -0.39 is 0 Å². The van der Waals surface area contributed by atoms with Gasteiger partial charge in [0.1, 0.15) is 0 Å². The van der Waals surface area contributed by atoms with E-state index >= 15 is 0 Å². The van der Waals surface area contributed by atoms with Gasteiger partial charge in [0.2, 0.25) is 0 Å². The van der Waals surface area contributed by atoms with Crippen molar-refractivity contribution in [2.24, 2.45) is 0 Å². The highest BCUT2D eigenvalue weighted by Gasteiger charge is 2.13. The normalized spacial score (nSPS) is 17.3. The van der Waals surface area contributed by atoms with Gasteiger partial charge >= 0.3 is 0 Å². The topological polar surface area (TPSA) is 24.9 Å². The molecule has 0 radical (unpaired) electrons. The molecule has 3 rings (SSSR count). The third-order valence-electron chi connectivity index (χ3n) is 4.07. The smallest absolute Gasteiger partial charge is 0.0936 e. The van der Waals surface area contributed by atoms with Crippen LogP contribution in [0.1, 0.15) is 44.2 Å². The Balaban J connectivity index is 1.89. The lowest BCUT2D eigenvalue weighted by Crippen LogP contribution is -2.18. The van der Waals surface area contributed by atoms with Gasteiger partial charge < -0.3 is 5.32 Å². The minimum Gasteiger partial charge on any atom is -0.381 e. The van der Waals surface area contributed by atoms with Crippen molar-refractivity contribution in [1.82, 2.24) is 4.98 Å². The van der Waals surface area contributed by atoms with E-state index in [0.717, 1.165) is 11.2 Å². The molecule has 0 spiro atoms. The van der Waals surface area contributed by atoms with Crippen molar-refractivity contribution in [3.63, 3.8) is 0 Å². The first-order valence-electron chi connectivity index (χ1n) is 7.46. The molecule has 0 amide bonds. The van der Waals surface area contributed by atoms with Crippen LogP contribution < -0.4 is 5.32 Å². The van der Waals surface area contributed by atoms with Gasteiger partial charge in [-0.1, -0.05) is 43.9 Å². The molecular formula is C17H22N2. The maximum absolute atomic E-state index is 4.70. The number of hydrogen-bond donors (Lipinski definition) is 1. The van der Waals surface area contributed by atoms with E-state index in [0.29, 0.717) is 6.04 Å². The summed E-state index contributed by atoms with van der Waals surface area (Å²) in [6.07, 6.45) is 8.09. The van der Waals surface area contributed by atoms with Gasteiger partial charge in [-0.2, -0.15) is 0 Å². The van der Waals surface area contributed by atoms with Gasteiger partial charge in [0, 0.05) is 17.1 Å². The number of nitrogens with one attached hydrogen (secondary N) is 1. The molecule has 0 bridgehead atoms. The molecule has 100 valence electrons. The highest BCUT2D eigenvalue weighted by atomic mass is 14.9. The van der Waals surface area contributed by atoms with E-state index in [2.05, 4.69) is 42.6 Å². The number of para-hydroxylation sites is 1. The average Bonchev–Trinajstić information content (AvgIpc) is 2.68. The van der Waals surface area contributed by atoms with E-state index in [1.807, 2.05) is 0 Å². The third-order valence-corrected chi connectivity index (χ3v) is 4.07. The fraction of sp³-hybridized carbons (Fsp3) is 0.471. The Morgan fingerprint density at radius 2 is 1.79 bits per heavy atom. The Hall–Kier alpha value is -1.57. The van der Waals surface area contributed by atoms with Gasteiger partial charge in [-0.15, -0.1) is 0 Å². The van der Waals surface area contributed by atoms with Gasteiger partial charge in [0.25, 0.3) is 0 Å². The lowest BCUT2D eigenvalue weighted by atomic mass is 10.1. The molecule has 0 saturated heterocycles. The Kier molecular flexibility index (Phi) is 3.67. The maximum Gasteiger partial charge on any atom is 0.0936 e. The summed E-state index contributed by atoms with van der Waals surface area (Å²) in [5.74, 6) is 0. The number of hydrogen-bond acceptors (Lipinski definition) is 2. The van der Waals surface area contributed by atoms with E-state index in [1.165, 1.54) is 49.6 Å². The molecule has 0 unspecified atom stereocenters. The fourth-order valence-electron chi connectivity index (χ4n) is 3.00. The molecule has 1 heterocycles. The molecule has 0 atom stereocenters. The lowest BCUT2D eigenvalue weighted by molar-refractivity contribution is 0.620. The van der Waals surface area contributed by atoms with Crippen molar-refractivity contribution in [3.05, 3.63) is 36.0 Å². The summed E-state index contributed by atoms with van der Waals surface area (Å²) in [6, 6.07) is 11.3. The number of nitrogens with zero attached hydrogens (tertiary/aromatic N) is 1. The lowest BCUT2D eigenvalue weighted by Gasteiger charge is -2.18. The molecule has 0 aliphatic heterocycles. The highest BCUT2D eigenvalue weighted by molar-refractivity contribution is 5.90. The quantitative estimate of drug-likeness (QED) is 0.787. The highest BCUT2D eigenvalue weighted by Crippen LogP contribution is 2.26. The Morgan fingerprint density at radius 3 is 2.58 bits per heavy atom. The van der Waals surface area contributed by atoms with Crippen molar-refractivity contribution in [1.29, 1.82) is 0 Å². The van der Waals surface area contributed by atoms with Crippen molar-refractivity contribution in [2.45, 2.75) is 51.5 Å². The molecule has 1 N–H and O–H groups in total. The Morgan fingerprint density at radius 1 is 1.00 bits per heavy atom. The first-order chi connectivity index (χ1) is 9.33. The van der Waals surface area contributed by atoms with Crippen LogP contribution in [0.25, 0.3) is 10.9 Å². The van der Waals surface area contributed by atoms with Crippen LogP contribution in [0.4, 0.5) is 5.69 Å². The SMILES string of the molecule is Cc1ccc2cccc(NC3CCCCCC3)c2n1. The van der Waals surface area contributed by atoms with E-state index in [-0.39, 0.29) is 0 Å². The summed E-state index contributed by atoms with van der Waals surface area (Å²) in [5, 5.41) is 4.95. The Labute approximate surface area is 115 Å². The second-order valence-electron chi connectivity index (χ2n) is 5.66. The van der Waals surface area contributed by atoms with Crippen LogP contribution in [0.3, 0.4) is 0 Å². The number of fused-ring (bicyclic) bond motifs is 1. The van der Waals surface area contributed by atoms with E-state index in [4.69, 9.17) is 4.98 Å². The summed E-state index contributed by atoms with van der Waals surface area (Å²) in [7, 11) is 0. The summed E-state index contributed by atoms with van der Waals surface area (Å²) < 4.78 is 0. The van der Waals surface area contributed by atoms with Gasteiger partial charge in [-0.05, 0) is 31.9 Å². The number of aromatic nitrogens is 1. The number of anilines is 1. The second kappa shape index (κ2) is 5.60. The predicted octanol–water partition coefficient (Wildman–Crippen LogP) is 4.68. The number of pyridine rings is 1. The number of rotatable bonds is 2. The minimum absolute atomic E-state index is 0.621. The molecular weight excluding hydrogens is 232 g/mol. The maximum atomic E-state index is 4.70. The standard InChI is InChI=1S/C17H22N2/c1-13-11-12-14-7-6-10-16(17(14)18-13)19-15-8-4-2-3-5-9-15/h6-7,10-12,15,19H,2-5,8-9H2,1H3. The van der Waals surface area contributed by atoms with Gasteiger partial charge in [-0.25, -0.2) is 0 Å². The zero-order valence-corrected chi connectivity index (χ0v) is 11.7. The molecule has 2 nitrogen and oxygen atoms in total. The summed E-state index contributed by atoms with van der Waals surface area (Å²) in [5.41, 5.74) is 3.41. The predicted molar refractivity (Wildman–Crippen MR) is 81.6 cm³/mol. The monoisotopic (exact) mass is 254 g/mol. The first-order valence-corrected chi connectivity index (χ1v) is 7.46. The molecule has 1 aliphatic rings. The molecule has 1 aromatic heterocycles. The fourth-order valence-corrected chi connectivity index (χ4v) is 3.00. The van der Waals surface area contributed by atoms with Crippen LogP contribution >= 0.6 is 0 Å². The molecule has 2 heteroatoms. The van der Waals surface area contributed by atoms with Crippen LogP contribution in [-0.2, 0) is 0 Å². The molecule has 1 fully saturated rings. The Bertz CT molecular complexity index is 554. The zero-order valence-electron chi connectivity index (χ0n) is 11.7. The molecule has 1 aromatic carbocycles. The van der Waals surface area contributed by atoms with Gasteiger partial charge in [-0.3, -0.25) is 4.98 Å². The van der Waals surface area contributed by atoms with Crippen LogP contribution in [0, 0.1) is 6.92 Å². The molecule has 2 aromatic rings. The third kappa shape index (κ3) is 2.89. The summed E-state index contributed by atoms with van der Waals surface area (Å²) in [6.45, 7) is 2.06. The van der Waals surface area contributed by atoms with Gasteiger partial charge in [0.15, 0.2) is 0 Å². The number of aryl methyl sites for hydroxylation is 1. The molecule has 19 heavy (non-hydrogen) atoms. The first kappa shape index (κ1) is 12.5. The molecule has 1 saturated carbocycles. The van der Waals surface area contributed by atoms with Crippen LogP contribution in [0.2, 0.25) is 0 Å². The van der Waals surface area contributed by atoms with Crippen molar-refractivity contribution >= 4 is 16.6 Å². The van der Waals surface area contributed by atoms with Crippen molar-refractivity contribution < 1.29 is 0 Å². The summed E-state index contributed by atoms with van der Waals surface area (Å²) in [4.78, 5) is 4.70. The van der Waals surface area contributed by atoms with Crippen LogP contribution in [0.5, 0.6) is 0 Å². The van der Waals surface area contributed by atoms with E-state index in [9.17, 15) is 0 Å². The average molecular weight is 254 g/mol. The van der Waals surface area contributed by atoms with Crippen molar-refractivity contribution in [3.8, 4) is 0 Å². The van der Waals surface area contributed by atoms with Crippen LogP contribution in [0.15, 0.2) is 30.3 Å². The largest absolute Gasteiger partial charge is 0.381 e. The zero-order chi connectivity index (χ0) is 13.1. The van der Waals surface area contributed by atoms with E-state index in [1.54, 1.807) is 0 Å². The van der Waals surface area contributed by atoms with Crippen LogP contribution in [-0.4, -0.2) is 11.0 Å². The number of benzene rings is 1. The minimum atomic E-state index is 0.621. The van der Waals surface area contributed by atoms with Gasteiger partial charge in [0.05, 0.1) is 11.2 Å². The second-order valence-corrected chi connectivity index (χ2v) is 5.66. The summed E-state index contributed by atoms with van der Waals surface area (Å²) >= 11 is 0. The van der Waals surface area contributed by atoms with Crippen molar-refractivity contribution in [2.75, 3.05) is 5.32 Å².